The molecule has 0 bridgehead atoms. The first-order valence-corrected chi connectivity index (χ1v) is 5.64. The van der Waals surface area contributed by atoms with Crippen LogP contribution < -0.4 is 0 Å². The van der Waals surface area contributed by atoms with Gasteiger partial charge in [0.2, 0.25) is 0 Å². The molecule has 0 saturated heterocycles. The van der Waals surface area contributed by atoms with E-state index in [0.717, 1.165) is 0 Å². The zero-order valence-electron chi connectivity index (χ0n) is 4.98. The fourth-order valence-corrected chi connectivity index (χ4v) is 0.634. The van der Waals surface area contributed by atoms with Gasteiger partial charge in [0.15, 0.2) is 0 Å². The van der Waals surface area contributed by atoms with Crippen molar-refractivity contribution in [2.45, 2.75) is 13.3 Å². The van der Waals surface area contributed by atoms with Crippen molar-refractivity contribution < 1.29 is 20.7 Å². The van der Waals surface area contributed by atoms with E-state index in [2.05, 4.69) is 8.76 Å². The molecule has 0 aliphatic heterocycles. The Labute approximate surface area is 55.9 Å². The Morgan fingerprint density at radius 2 is 2.11 bits per heavy atom. The van der Waals surface area contributed by atoms with Gasteiger partial charge in [-0.25, -0.2) is 0 Å². The van der Waals surface area contributed by atoms with Crippen molar-refractivity contribution >= 4 is 14.5 Å². The van der Waals surface area contributed by atoms with E-state index in [1.807, 2.05) is 0 Å². The second-order valence-electron chi connectivity index (χ2n) is 1.39. The molecule has 2 N–H and O–H groups in total. The van der Waals surface area contributed by atoms with Crippen molar-refractivity contribution in [3.63, 3.8) is 0 Å². The van der Waals surface area contributed by atoms with Crippen LogP contribution in [-0.2, 0) is 12.5 Å². The molecule has 56 valence electrons. The molecule has 0 saturated carbocycles. The van der Waals surface area contributed by atoms with Crippen molar-refractivity contribution in [2.24, 2.45) is 0 Å². The predicted octanol–water partition coefficient (Wildman–Crippen LogP) is -0.805. The molecule has 0 atom stereocenters. The van der Waals surface area contributed by atoms with Gasteiger partial charge in [-0.2, -0.15) is 0 Å². The van der Waals surface area contributed by atoms with Gasteiger partial charge < -0.3 is 0 Å². The van der Waals surface area contributed by atoms with Gasteiger partial charge in [0, 0.05) is 0 Å². The minimum absolute atomic E-state index is 0.201. The van der Waals surface area contributed by atoms with Gasteiger partial charge >= 0.3 is 55.2 Å². The van der Waals surface area contributed by atoms with E-state index in [0.29, 0.717) is 6.42 Å². The average molecular weight is 200 g/mol. The average Bonchev–Trinajstić information content (AvgIpc) is 1.63. The zero-order valence-corrected chi connectivity index (χ0v) is 6.86. The summed E-state index contributed by atoms with van der Waals surface area (Å²) in [6.07, 6.45) is 0.662. The minimum atomic E-state index is -4.96. The molecule has 6 heteroatoms. The van der Waals surface area contributed by atoms with Crippen molar-refractivity contribution in [1.82, 2.24) is 0 Å². The monoisotopic (exact) mass is 200 g/mol. The van der Waals surface area contributed by atoms with Gasteiger partial charge in [0.05, 0.1) is 0 Å². The van der Waals surface area contributed by atoms with Crippen LogP contribution in [0, 0.1) is 0 Å². The van der Waals surface area contributed by atoms with Crippen LogP contribution in [0.25, 0.3) is 0 Å². The molecule has 0 spiro atoms. The Morgan fingerprint density at radius 1 is 1.56 bits per heavy atom. The topological polar surface area (TPSA) is 76.0 Å². The van der Waals surface area contributed by atoms with E-state index in [1.54, 1.807) is 6.92 Å². The molecule has 0 aliphatic carbocycles. The third kappa shape index (κ3) is 8.20. The van der Waals surface area contributed by atoms with Gasteiger partial charge in [0.25, 0.3) is 0 Å². The van der Waals surface area contributed by atoms with E-state index in [9.17, 15) is 3.74 Å². The van der Waals surface area contributed by atoms with E-state index in [4.69, 9.17) is 8.19 Å². The number of hydrogen-bond acceptors (Lipinski definition) is 3. The maximum atomic E-state index is 9.91. The van der Waals surface area contributed by atoms with Crippen molar-refractivity contribution in [3.05, 3.63) is 0 Å². The molecule has 0 aromatic carbocycles. The van der Waals surface area contributed by atoms with Crippen LogP contribution in [0.4, 0.5) is 0 Å². The van der Waals surface area contributed by atoms with Gasteiger partial charge in [0.1, 0.15) is 0 Å². The second kappa shape index (κ2) is 4.08. The van der Waals surface area contributed by atoms with Crippen LogP contribution in [0.2, 0.25) is 0 Å². The summed E-state index contributed by atoms with van der Waals surface area (Å²) >= 11 is -4.96. The quantitative estimate of drug-likeness (QED) is 0.269. The maximum absolute atomic E-state index is 9.91. The first-order valence-electron chi connectivity index (χ1n) is 2.43. The summed E-state index contributed by atoms with van der Waals surface area (Å²) in [5.74, 6) is 0. The molecule has 9 heavy (non-hydrogen) atoms. The number of rotatable bonds is 4. The van der Waals surface area contributed by atoms with Gasteiger partial charge in [-0.15, -0.1) is 0 Å². The Kier molecular flexibility index (Phi) is 4.17. The summed E-state index contributed by atoms with van der Waals surface area (Å²) in [6, 6.07) is 0. The van der Waals surface area contributed by atoms with Crippen molar-refractivity contribution in [1.29, 1.82) is 0 Å². The van der Waals surface area contributed by atoms with Crippen LogP contribution in [0.15, 0.2) is 0 Å². The van der Waals surface area contributed by atoms with Crippen LogP contribution in [0.1, 0.15) is 13.3 Å². The summed E-state index contributed by atoms with van der Waals surface area (Å²) in [5.41, 5.74) is 0. The Bertz CT molecular complexity index is 107. The molecule has 0 rings (SSSR count). The van der Waals surface area contributed by atoms with Crippen molar-refractivity contribution in [2.75, 3.05) is 6.61 Å². The summed E-state index contributed by atoms with van der Waals surface area (Å²) in [6.45, 7) is 2.00. The van der Waals surface area contributed by atoms with E-state index < -0.39 is 14.5 Å². The molecule has 0 aromatic heterocycles. The Balaban J connectivity index is 3.18. The van der Waals surface area contributed by atoms with Crippen molar-refractivity contribution in [3.8, 4) is 0 Å². The van der Waals surface area contributed by atoms with Crippen LogP contribution in [0.3, 0.4) is 0 Å². The normalized spacial score (nSPS) is 11.9. The molecule has 5 nitrogen and oxygen atoms in total. The molecule has 0 amide bonds. The summed E-state index contributed by atoms with van der Waals surface area (Å²) in [4.78, 5) is 4.11. The first-order chi connectivity index (χ1) is 4.06. The van der Waals surface area contributed by atoms with Gasteiger partial charge in [-0.05, 0) is 0 Å². The van der Waals surface area contributed by atoms with E-state index >= 15 is 0 Å². The van der Waals surface area contributed by atoms with Gasteiger partial charge in [-0.3, -0.25) is 0 Å². The first kappa shape index (κ1) is 9.20. The molecule has 0 aliphatic rings. The van der Waals surface area contributed by atoms with Crippen LogP contribution in [-0.4, -0.2) is 29.3 Å². The van der Waals surface area contributed by atoms with Crippen LogP contribution >= 0.6 is 0 Å². The molecular weight excluding hydrogens is 191 g/mol. The molecule has 0 radical (unpaired) electrons. The Hall–Kier alpha value is 0.198. The van der Waals surface area contributed by atoms with Crippen LogP contribution in [0.5, 0.6) is 0 Å². The molecular formula is C3H9AsO5. The number of hydrogen-bond donors (Lipinski definition) is 2. The van der Waals surface area contributed by atoms with E-state index in [-0.39, 0.29) is 6.61 Å². The molecule has 0 fully saturated rings. The van der Waals surface area contributed by atoms with E-state index in [1.165, 1.54) is 0 Å². The second-order valence-corrected chi connectivity index (χ2v) is 3.76. The fourth-order valence-electron chi connectivity index (χ4n) is 0.189. The SMILES string of the molecule is CCCOO[As](=O)(O)O. The third-order valence-electron chi connectivity index (χ3n) is 0.437. The molecule has 0 unspecified atom stereocenters. The van der Waals surface area contributed by atoms with Gasteiger partial charge in [-0.1, -0.05) is 0 Å². The Morgan fingerprint density at radius 3 is 2.44 bits per heavy atom. The standard InChI is InChI=1S/C3H9AsO5/c1-2-3-8-9-4(5,6)7/h2-3H2,1H3,(H2,5,6,7). The predicted molar refractivity (Wildman–Crippen MR) is 28.2 cm³/mol. The summed E-state index contributed by atoms with van der Waals surface area (Å²) < 4.78 is 29.7. The summed E-state index contributed by atoms with van der Waals surface area (Å²) in [7, 11) is 0. The third-order valence-corrected chi connectivity index (χ3v) is 1.07. The fraction of sp³-hybridized carbons (Fsp3) is 1.00. The summed E-state index contributed by atoms with van der Waals surface area (Å²) in [5, 5.41) is 0. The zero-order chi connectivity index (χ0) is 7.33. The molecule has 0 aromatic rings. The molecule has 0 heterocycles.